The fourth-order valence-electron chi connectivity index (χ4n) is 2.23. The number of nitrogens with one attached hydrogen (secondary N) is 1. The van der Waals surface area contributed by atoms with Gasteiger partial charge < -0.3 is 5.32 Å². The molecular weight excluding hydrogens is 244 g/mol. The average molecular weight is 264 g/mol. The van der Waals surface area contributed by atoms with Crippen molar-refractivity contribution in [3.8, 4) is 12.3 Å². The van der Waals surface area contributed by atoms with E-state index in [0.29, 0.717) is 0 Å². The summed E-state index contributed by atoms with van der Waals surface area (Å²) < 4.78 is 0. The number of rotatable bonds is 7. The maximum Gasteiger partial charge on any atom is 0.0577 e. The van der Waals surface area contributed by atoms with Crippen LogP contribution in [0.4, 0.5) is 0 Å². The number of hydrogen-bond acceptors (Lipinski definition) is 2. The Kier molecular flexibility index (Phi) is 5.82. The molecule has 2 rings (SSSR count). The first-order valence-corrected chi connectivity index (χ1v) is 7.03. The molecule has 2 nitrogen and oxygen atoms in total. The first kappa shape index (κ1) is 14.3. The zero-order valence-electron chi connectivity index (χ0n) is 11.6. The van der Waals surface area contributed by atoms with Gasteiger partial charge in [-0.3, -0.25) is 4.98 Å². The van der Waals surface area contributed by atoms with Crippen LogP contribution in [0.5, 0.6) is 0 Å². The minimum Gasteiger partial charge on any atom is -0.306 e. The molecule has 0 saturated heterocycles. The van der Waals surface area contributed by atoms with Crippen LogP contribution in [0.25, 0.3) is 0 Å². The first-order chi connectivity index (χ1) is 9.92. The van der Waals surface area contributed by atoms with Gasteiger partial charge >= 0.3 is 0 Å². The quantitative estimate of drug-likeness (QED) is 0.611. The molecule has 0 aliphatic rings. The summed E-state index contributed by atoms with van der Waals surface area (Å²) in [4.78, 5) is 4.09. The summed E-state index contributed by atoms with van der Waals surface area (Å²) in [5.74, 6) is 2.68. The monoisotopic (exact) mass is 264 g/mol. The molecule has 20 heavy (non-hydrogen) atoms. The fraction of sp³-hybridized carbons (Fsp3) is 0.278. The van der Waals surface area contributed by atoms with Crippen molar-refractivity contribution < 1.29 is 0 Å². The predicted molar refractivity (Wildman–Crippen MR) is 83.2 cm³/mol. The van der Waals surface area contributed by atoms with Crippen LogP contribution < -0.4 is 5.32 Å². The molecule has 1 unspecified atom stereocenters. The maximum absolute atomic E-state index is 5.28. The molecule has 0 spiro atoms. The molecule has 1 aromatic carbocycles. The van der Waals surface area contributed by atoms with E-state index in [1.54, 1.807) is 0 Å². The number of benzene rings is 1. The van der Waals surface area contributed by atoms with E-state index in [-0.39, 0.29) is 6.04 Å². The molecular formula is C18H20N2. The lowest BCUT2D eigenvalue weighted by Gasteiger charge is -2.19. The molecule has 0 bridgehead atoms. The Hall–Kier alpha value is -2.11. The second kappa shape index (κ2) is 8.14. The Bertz CT molecular complexity index is 489. The highest BCUT2D eigenvalue weighted by atomic mass is 14.9. The van der Waals surface area contributed by atoms with Gasteiger partial charge in [-0.1, -0.05) is 30.3 Å². The Morgan fingerprint density at radius 3 is 2.40 bits per heavy atom. The SMILES string of the molecule is C#CCCCCNC(c1ccccc1)c1ccncc1. The first-order valence-electron chi connectivity index (χ1n) is 7.03. The zero-order chi connectivity index (χ0) is 14.0. The summed E-state index contributed by atoms with van der Waals surface area (Å²) in [6, 6.07) is 14.8. The predicted octanol–water partition coefficient (Wildman–Crippen LogP) is 3.56. The molecule has 0 aliphatic carbocycles. The Morgan fingerprint density at radius 1 is 1.00 bits per heavy atom. The van der Waals surface area contributed by atoms with Crippen molar-refractivity contribution in [1.29, 1.82) is 0 Å². The fourth-order valence-corrected chi connectivity index (χ4v) is 2.23. The van der Waals surface area contributed by atoms with Crippen LogP contribution in [-0.4, -0.2) is 11.5 Å². The molecule has 0 aliphatic heterocycles. The van der Waals surface area contributed by atoms with Gasteiger partial charge in [-0.15, -0.1) is 12.3 Å². The maximum atomic E-state index is 5.28. The van der Waals surface area contributed by atoms with Crippen LogP contribution in [0, 0.1) is 12.3 Å². The molecule has 102 valence electrons. The van der Waals surface area contributed by atoms with E-state index in [9.17, 15) is 0 Å². The number of hydrogen-bond donors (Lipinski definition) is 1. The van der Waals surface area contributed by atoms with Crippen LogP contribution in [0.15, 0.2) is 54.9 Å². The van der Waals surface area contributed by atoms with E-state index in [0.717, 1.165) is 25.8 Å². The minimum atomic E-state index is 0.213. The van der Waals surface area contributed by atoms with Gasteiger partial charge in [0, 0.05) is 18.8 Å². The highest BCUT2D eigenvalue weighted by molar-refractivity contribution is 5.30. The van der Waals surface area contributed by atoms with E-state index in [1.165, 1.54) is 11.1 Å². The lowest BCUT2D eigenvalue weighted by atomic mass is 9.99. The van der Waals surface area contributed by atoms with Gasteiger partial charge in [-0.2, -0.15) is 0 Å². The van der Waals surface area contributed by atoms with Gasteiger partial charge in [0.15, 0.2) is 0 Å². The second-order valence-corrected chi connectivity index (χ2v) is 4.74. The number of pyridine rings is 1. The van der Waals surface area contributed by atoms with Gasteiger partial charge in [-0.25, -0.2) is 0 Å². The number of aromatic nitrogens is 1. The van der Waals surface area contributed by atoms with Crippen LogP contribution in [-0.2, 0) is 0 Å². The third kappa shape index (κ3) is 4.22. The summed E-state index contributed by atoms with van der Waals surface area (Å²) in [7, 11) is 0. The van der Waals surface area contributed by atoms with E-state index < -0.39 is 0 Å². The van der Waals surface area contributed by atoms with Gasteiger partial charge in [0.25, 0.3) is 0 Å². The van der Waals surface area contributed by atoms with E-state index in [4.69, 9.17) is 6.42 Å². The van der Waals surface area contributed by atoms with Crippen LogP contribution >= 0.6 is 0 Å². The molecule has 2 heteroatoms. The molecule has 2 aromatic rings. The number of unbranched alkanes of at least 4 members (excludes halogenated alkanes) is 2. The largest absolute Gasteiger partial charge is 0.306 e. The summed E-state index contributed by atoms with van der Waals surface area (Å²) in [5.41, 5.74) is 2.51. The van der Waals surface area contributed by atoms with Gasteiger partial charge in [0.05, 0.1) is 6.04 Å². The highest BCUT2D eigenvalue weighted by Gasteiger charge is 2.12. The lowest BCUT2D eigenvalue weighted by Crippen LogP contribution is -2.23. The summed E-state index contributed by atoms with van der Waals surface area (Å²) in [5, 5.41) is 3.61. The average Bonchev–Trinajstić information content (AvgIpc) is 2.53. The molecule has 0 radical (unpaired) electrons. The third-order valence-electron chi connectivity index (χ3n) is 3.27. The smallest absolute Gasteiger partial charge is 0.0577 e. The molecule has 0 amide bonds. The number of terminal acetylenes is 1. The topological polar surface area (TPSA) is 24.9 Å². The Morgan fingerprint density at radius 2 is 1.70 bits per heavy atom. The lowest BCUT2D eigenvalue weighted by molar-refractivity contribution is 0.572. The van der Waals surface area contributed by atoms with Crippen molar-refractivity contribution in [2.45, 2.75) is 25.3 Å². The van der Waals surface area contributed by atoms with Crippen molar-refractivity contribution >= 4 is 0 Å². The minimum absolute atomic E-state index is 0.213. The number of nitrogens with zero attached hydrogens (tertiary/aromatic N) is 1. The Balaban J connectivity index is 2.04. The van der Waals surface area contributed by atoms with Crippen molar-refractivity contribution in [2.24, 2.45) is 0 Å². The van der Waals surface area contributed by atoms with Gasteiger partial charge in [0.1, 0.15) is 0 Å². The van der Waals surface area contributed by atoms with Crippen molar-refractivity contribution in [1.82, 2.24) is 10.3 Å². The Labute approximate surface area is 121 Å². The highest BCUT2D eigenvalue weighted by Crippen LogP contribution is 2.21. The second-order valence-electron chi connectivity index (χ2n) is 4.74. The molecule has 1 aromatic heterocycles. The molecule has 0 saturated carbocycles. The van der Waals surface area contributed by atoms with Gasteiger partial charge in [0.2, 0.25) is 0 Å². The van der Waals surface area contributed by atoms with Crippen LogP contribution in [0.2, 0.25) is 0 Å². The van der Waals surface area contributed by atoms with Crippen LogP contribution in [0.3, 0.4) is 0 Å². The normalized spacial score (nSPS) is 11.8. The van der Waals surface area contributed by atoms with Gasteiger partial charge in [-0.05, 0) is 42.6 Å². The van der Waals surface area contributed by atoms with E-state index >= 15 is 0 Å². The standard InChI is InChI=1S/C18H20N2/c1-2-3-4-8-13-20-18(16-9-6-5-7-10-16)17-11-14-19-15-12-17/h1,5-7,9-12,14-15,18,20H,3-4,8,13H2. The third-order valence-corrected chi connectivity index (χ3v) is 3.27. The van der Waals surface area contributed by atoms with E-state index in [1.807, 2.05) is 18.5 Å². The van der Waals surface area contributed by atoms with Crippen molar-refractivity contribution in [2.75, 3.05) is 6.54 Å². The zero-order valence-corrected chi connectivity index (χ0v) is 11.6. The molecule has 1 N–H and O–H groups in total. The molecule has 1 atom stereocenters. The van der Waals surface area contributed by atoms with Crippen LogP contribution in [0.1, 0.15) is 36.4 Å². The summed E-state index contributed by atoms with van der Waals surface area (Å²) in [6.45, 7) is 0.962. The van der Waals surface area contributed by atoms with Crippen molar-refractivity contribution in [3.05, 3.63) is 66.0 Å². The van der Waals surface area contributed by atoms with E-state index in [2.05, 4.69) is 52.6 Å². The molecule has 1 heterocycles. The molecule has 0 fully saturated rings. The summed E-state index contributed by atoms with van der Waals surface area (Å²) >= 11 is 0. The van der Waals surface area contributed by atoms with Crippen molar-refractivity contribution in [3.63, 3.8) is 0 Å². The summed E-state index contributed by atoms with van der Waals surface area (Å²) in [6.07, 6.45) is 12.0.